The smallest absolute Gasteiger partial charge is 0.276 e. The Morgan fingerprint density at radius 3 is 2.48 bits per heavy atom. The van der Waals surface area contributed by atoms with E-state index in [1.54, 1.807) is 0 Å². The number of nitrogens with two attached hydrogens (primary N) is 1. The summed E-state index contributed by atoms with van der Waals surface area (Å²) in [5.74, 6) is -3.63. The minimum atomic E-state index is -1.26. The fourth-order valence-corrected chi connectivity index (χ4v) is 2.32. The zero-order valence-corrected chi connectivity index (χ0v) is 13.6. The summed E-state index contributed by atoms with van der Waals surface area (Å²) < 4.78 is 4.73. The van der Waals surface area contributed by atoms with Crippen molar-refractivity contribution in [2.45, 2.75) is 12.8 Å². The van der Waals surface area contributed by atoms with Crippen molar-refractivity contribution >= 4 is 28.8 Å². The van der Waals surface area contributed by atoms with Crippen LogP contribution >= 0.6 is 23.8 Å². The molecular formula is C14H13ClN3O4S-. The molecule has 0 aliphatic rings. The molecule has 0 amide bonds. The van der Waals surface area contributed by atoms with Gasteiger partial charge in [-0.1, -0.05) is 42.9 Å². The molecule has 1 aromatic carbocycles. The number of benzene rings is 1. The van der Waals surface area contributed by atoms with Gasteiger partial charge < -0.3 is 15.6 Å². The van der Waals surface area contributed by atoms with Crippen LogP contribution in [0.5, 0.6) is 0 Å². The van der Waals surface area contributed by atoms with Crippen LogP contribution in [0.4, 0.5) is 0 Å². The number of nitrogens with zero attached hydrogens (tertiary/aromatic N) is 2. The molecule has 0 unspecified atom stereocenters. The van der Waals surface area contributed by atoms with Crippen LogP contribution in [-0.4, -0.2) is 16.5 Å². The highest BCUT2D eigenvalue weighted by Gasteiger charge is 2.37. The van der Waals surface area contributed by atoms with Gasteiger partial charge in [-0.25, -0.2) is 0 Å². The van der Waals surface area contributed by atoms with Crippen molar-refractivity contribution in [3.8, 4) is 6.07 Å². The molecule has 0 spiro atoms. The normalized spacial score (nSPS) is 14.1. The first-order chi connectivity index (χ1) is 10.8. The highest BCUT2D eigenvalue weighted by molar-refractivity contribution is 7.80. The van der Waals surface area contributed by atoms with Crippen LogP contribution in [0.1, 0.15) is 18.4 Å². The minimum Gasteiger partial charge on any atom is -0.609 e. The molecule has 9 heteroatoms. The predicted octanol–water partition coefficient (Wildman–Crippen LogP) is 1.69. The lowest BCUT2D eigenvalue weighted by Gasteiger charge is -2.23. The summed E-state index contributed by atoms with van der Waals surface area (Å²) in [6.07, 6.45) is 0. The van der Waals surface area contributed by atoms with E-state index in [0.717, 1.165) is 0 Å². The quantitative estimate of drug-likeness (QED) is 0.341. The summed E-state index contributed by atoms with van der Waals surface area (Å²) in [7, 11) is 0. The van der Waals surface area contributed by atoms with E-state index in [-0.39, 0.29) is 11.6 Å². The van der Waals surface area contributed by atoms with Gasteiger partial charge in [-0.15, -0.1) is 0 Å². The van der Waals surface area contributed by atoms with Crippen molar-refractivity contribution in [3.63, 3.8) is 0 Å². The molecule has 0 saturated carbocycles. The molecule has 0 aromatic heterocycles. The number of thiocarbonyl (C=S) groups is 1. The Morgan fingerprint density at radius 2 is 2.09 bits per heavy atom. The molecule has 2 atom stereocenters. The molecule has 1 rings (SSSR count). The van der Waals surface area contributed by atoms with Crippen molar-refractivity contribution in [2.75, 3.05) is 6.61 Å². The molecule has 1 aromatic rings. The second-order valence-corrected chi connectivity index (χ2v) is 5.31. The average Bonchev–Trinajstić information content (AvgIpc) is 2.47. The topological polar surface area (TPSA) is 125 Å². The van der Waals surface area contributed by atoms with E-state index in [9.17, 15) is 20.5 Å². The Hall–Kier alpha value is -2.37. The van der Waals surface area contributed by atoms with Crippen LogP contribution in [0.15, 0.2) is 35.9 Å². The molecule has 0 fully saturated rings. The number of hydrogen-bond donors (Lipinski definition) is 1. The van der Waals surface area contributed by atoms with Crippen LogP contribution < -0.4 is 10.8 Å². The van der Waals surface area contributed by atoms with Crippen molar-refractivity contribution in [1.29, 1.82) is 5.26 Å². The summed E-state index contributed by atoms with van der Waals surface area (Å²) in [5, 5.41) is 33.1. The number of nitro groups is 1. The summed E-state index contributed by atoms with van der Waals surface area (Å²) in [6.45, 7) is 1.47. The summed E-state index contributed by atoms with van der Waals surface area (Å²) in [4.78, 5) is 10.3. The SMILES string of the molecule is CCO/C([O-])=C(/[C@@H](c1ccc(Cl)cc1)[C@H](C#N)C(N)=S)[N+](=O)[O-]. The van der Waals surface area contributed by atoms with E-state index in [1.165, 1.54) is 31.2 Å². The monoisotopic (exact) mass is 354 g/mol. The van der Waals surface area contributed by atoms with Gasteiger partial charge in [-0.2, -0.15) is 5.26 Å². The van der Waals surface area contributed by atoms with Gasteiger partial charge in [0, 0.05) is 5.02 Å². The highest BCUT2D eigenvalue weighted by Crippen LogP contribution is 2.34. The van der Waals surface area contributed by atoms with E-state index in [1.807, 2.05) is 6.07 Å². The van der Waals surface area contributed by atoms with Gasteiger partial charge in [0.2, 0.25) is 0 Å². The number of halogens is 1. The molecule has 122 valence electrons. The molecular weight excluding hydrogens is 342 g/mol. The lowest BCUT2D eigenvalue weighted by atomic mass is 9.84. The Kier molecular flexibility index (Phi) is 6.75. The molecule has 0 radical (unpaired) electrons. The molecule has 0 aliphatic heterocycles. The fraction of sp³-hybridized carbons (Fsp3) is 0.286. The average molecular weight is 355 g/mol. The lowest BCUT2D eigenvalue weighted by Crippen LogP contribution is -2.31. The van der Waals surface area contributed by atoms with E-state index in [0.29, 0.717) is 10.6 Å². The Bertz CT molecular complexity index is 670. The van der Waals surface area contributed by atoms with Crippen molar-refractivity contribution in [2.24, 2.45) is 11.7 Å². The largest absolute Gasteiger partial charge is 0.609 e. The van der Waals surface area contributed by atoms with Crippen LogP contribution in [0.25, 0.3) is 0 Å². The third-order valence-electron chi connectivity index (χ3n) is 2.98. The zero-order chi connectivity index (χ0) is 17.6. The van der Waals surface area contributed by atoms with Gasteiger partial charge in [-0.3, -0.25) is 10.1 Å². The van der Waals surface area contributed by atoms with Crippen molar-refractivity contribution in [1.82, 2.24) is 0 Å². The van der Waals surface area contributed by atoms with E-state index >= 15 is 0 Å². The van der Waals surface area contributed by atoms with Crippen molar-refractivity contribution < 1.29 is 14.8 Å². The lowest BCUT2D eigenvalue weighted by molar-refractivity contribution is -0.461. The standard InChI is InChI=1S/C14H14ClN3O4S/c1-2-22-14(19)12(18(20)21)11(10(7-16)13(17)23)8-3-5-9(15)6-4-8/h3-6,10-11,19H,2H2,1H3,(H2,17,23)/p-1/b14-12-/t10-,11-/m0/s1. The third kappa shape index (κ3) is 4.55. The van der Waals surface area contributed by atoms with Gasteiger partial charge in [-0.05, 0) is 24.3 Å². The molecule has 0 heterocycles. The van der Waals surface area contributed by atoms with Gasteiger partial charge in [0.25, 0.3) is 5.70 Å². The molecule has 7 nitrogen and oxygen atoms in total. The fourth-order valence-electron chi connectivity index (χ4n) is 2.00. The Balaban J connectivity index is 3.58. The van der Waals surface area contributed by atoms with Crippen molar-refractivity contribution in [3.05, 3.63) is 56.6 Å². The second-order valence-electron chi connectivity index (χ2n) is 4.40. The maximum absolute atomic E-state index is 12.0. The van der Waals surface area contributed by atoms with E-state index in [2.05, 4.69) is 0 Å². The number of rotatable bonds is 7. The number of nitriles is 1. The molecule has 23 heavy (non-hydrogen) atoms. The van der Waals surface area contributed by atoms with Crippen LogP contribution in [0.2, 0.25) is 5.02 Å². The molecule has 0 saturated heterocycles. The van der Waals surface area contributed by atoms with Gasteiger partial charge in [0.05, 0.1) is 21.9 Å². The minimum absolute atomic E-state index is 0.0478. The van der Waals surface area contributed by atoms with Crippen LogP contribution in [0, 0.1) is 27.4 Å². The summed E-state index contributed by atoms with van der Waals surface area (Å²) in [5.41, 5.74) is 5.04. The second kappa shape index (κ2) is 8.31. The van der Waals surface area contributed by atoms with Crippen LogP contribution in [0.3, 0.4) is 0 Å². The number of ether oxygens (including phenoxy) is 1. The first kappa shape index (κ1) is 18.7. The predicted molar refractivity (Wildman–Crippen MR) is 85.7 cm³/mol. The maximum atomic E-state index is 12.0. The molecule has 0 aliphatic carbocycles. The van der Waals surface area contributed by atoms with Gasteiger partial charge >= 0.3 is 0 Å². The van der Waals surface area contributed by atoms with Gasteiger partial charge in [0.1, 0.15) is 11.9 Å². The van der Waals surface area contributed by atoms with Crippen LogP contribution in [-0.2, 0) is 4.74 Å². The van der Waals surface area contributed by atoms with Gasteiger partial charge in [0.15, 0.2) is 0 Å². The highest BCUT2D eigenvalue weighted by atomic mass is 35.5. The van der Waals surface area contributed by atoms with E-state index < -0.39 is 28.4 Å². The Labute approximate surface area is 143 Å². The summed E-state index contributed by atoms with van der Waals surface area (Å²) in [6, 6.07) is 7.73. The maximum Gasteiger partial charge on any atom is 0.276 e. The third-order valence-corrected chi connectivity index (χ3v) is 3.49. The number of allylic oxidation sites excluding steroid dienone is 1. The first-order valence-electron chi connectivity index (χ1n) is 6.46. The Morgan fingerprint density at radius 1 is 1.52 bits per heavy atom. The number of hydrogen-bond acceptors (Lipinski definition) is 6. The molecule has 0 bridgehead atoms. The molecule has 2 N–H and O–H groups in total. The zero-order valence-electron chi connectivity index (χ0n) is 12.1. The first-order valence-corrected chi connectivity index (χ1v) is 7.24. The van der Waals surface area contributed by atoms with E-state index in [4.69, 9.17) is 34.3 Å². The summed E-state index contributed by atoms with van der Waals surface area (Å²) >= 11 is 10.6.